The summed E-state index contributed by atoms with van der Waals surface area (Å²) in [5.41, 5.74) is 0.892. The summed E-state index contributed by atoms with van der Waals surface area (Å²) in [7, 11) is 0. The summed E-state index contributed by atoms with van der Waals surface area (Å²) in [6.45, 7) is 9.09. The van der Waals surface area contributed by atoms with Crippen molar-refractivity contribution in [1.82, 2.24) is 5.32 Å². The van der Waals surface area contributed by atoms with E-state index in [2.05, 4.69) is 33.0 Å². The van der Waals surface area contributed by atoms with Gasteiger partial charge in [0.2, 0.25) is 0 Å². The molecule has 0 aliphatic carbocycles. The molecule has 1 aliphatic heterocycles. The Labute approximate surface area is 57.8 Å². The van der Waals surface area contributed by atoms with Gasteiger partial charge in [0.25, 0.3) is 0 Å². The molecule has 0 saturated carbocycles. The van der Waals surface area contributed by atoms with Gasteiger partial charge in [0, 0.05) is 11.1 Å². The molecule has 1 fully saturated rings. The molecule has 0 aromatic carbocycles. The van der Waals surface area contributed by atoms with Crippen LogP contribution in [0.4, 0.5) is 0 Å². The Morgan fingerprint density at radius 2 is 1.33 bits per heavy atom. The number of nitrogens with one attached hydrogen (secondary N) is 1. The normalized spacial score (nSPS) is 49.3. The maximum Gasteiger partial charge on any atom is 0.0335 e. The van der Waals surface area contributed by atoms with Crippen LogP contribution in [0.5, 0.6) is 0 Å². The summed E-state index contributed by atoms with van der Waals surface area (Å²) in [4.78, 5) is 0. The highest BCUT2D eigenvalue weighted by atomic mass is 15.3. The summed E-state index contributed by atoms with van der Waals surface area (Å²) >= 11 is 0. The largest absolute Gasteiger partial charge is 0.303 e. The third kappa shape index (κ3) is 0.787. The second kappa shape index (κ2) is 1.72. The van der Waals surface area contributed by atoms with E-state index in [0.717, 1.165) is 0 Å². The highest BCUT2D eigenvalue weighted by Crippen LogP contribution is 2.42. The van der Waals surface area contributed by atoms with Crippen LogP contribution < -0.4 is 5.32 Å². The molecule has 9 heavy (non-hydrogen) atoms. The summed E-state index contributed by atoms with van der Waals surface area (Å²) in [5, 5.41) is 3.52. The molecule has 0 radical (unpaired) electrons. The Bertz CT molecular complexity index is 108. The predicted molar refractivity (Wildman–Crippen MR) is 40.5 cm³/mol. The van der Waals surface area contributed by atoms with Gasteiger partial charge in [-0.05, 0) is 26.7 Å². The fourth-order valence-corrected chi connectivity index (χ4v) is 1.53. The van der Waals surface area contributed by atoms with Crippen LogP contribution in [0.25, 0.3) is 0 Å². The van der Waals surface area contributed by atoms with E-state index in [-0.39, 0.29) is 0 Å². The van der Waals surface area contributed by atoms with Crippen molar-refractivity contribution >= 4 is 0 Å². The van der Waals surface area contributed by atoms with E-state index >= 15 is 0 Å². The van der Waals surface area contributed by atoms with Crippen LogP contribution in [0, 0.1) is 0 Å². The van der Waals surface area contributed by atoms with Crippen LogP contribution in [0.1, 0.15) is 40.5 Å². The first-order chi connectivity index (χ1) is 4.08. The average molecular weight is 127 g/mol. The average Bonchev–Trinajstić information content (AvgIpc) is 2.39. The zero-order chi connectivity index (χ0) is 7.12. The van der Waals surface area contributed by atoms with E-state index in [1.54, 1.807) is 0 Å². The van der Waals surface area contributed by atoms with Gasteiger partial charge in [-0.1, -0.05) is 13.8 Å². The van der Waals surface area contributed by atoms with Crippen molar-refractivity contribution < 1.29 is 0 Å². The summed E-state index contributed by atoms with van der Waals surface area (Å²) in [6, 6.07) is 0. The Hall–Kier alpha value is -0.0400. The fraction of sp³-hybridized carbons (Fsp3) is 1.00. The first-order valence-corrected chi connectivity index (χ1v) is 3.87. The molecule has 0 bridgehead atoms. The third-order valence-corrected chi connectivity index (χ3v) is 3.12. The quantitative estimate of drug-likeness (QED) is 0.562. The Morgan fingerprint density at radius 3 is 1.44 bits per heavy atom. The Kier molecular flexibility index (Phi) is 1.35. The minimum Gasteiger partial charge on any atom is -0.303 e. The lowest BCUT2D eigenvalue weighted by Gasteiger charge is -2.09. The van der Waals surface area contributed by atoms with Crippen LogP contribution in [-0.4, -0.2) is 11.1 Å². The van der Waals surface area contributed by atoms with Crippen LogP contribution in [0.3, 0.4) is 0 Å². The molecule has 1 heterocycles. The van der Waals surface area contributed by atoms with Gasteiger partial charge < -0.3 is 5.32 Å². The Balaban J connectivity index is 2.54. The zero-order valence-corrected chi connectivity index (χ0v) is 6.91. The monoisotopic (exact) mass is 127 g/mol. The van der Waals surface area contributed by atoms with E-state index < -0.39 is 0 Å². The molecule has 0 aromatic rings. The smallest absolute Gasteiger partial charge is 0.0335 e. The fourth-order valence-electron chi connectivity index (χ4n) is 1.53. The number of hydrogen-bond acceptors (Lipinski definition) is 1. The van der Waals surface area contributed by atoms with Gasteiger partial charge >= 0.3 is 0 Å². The molecule has 0 aromatic heterocycles. The van der Waals surface area contributed by atoms with Gasteiger partial charge in [0.1, 0.15) is 0 Å². The molecular weight excluding hydrogens is 110 g/mol. The standard InChI is InChI=1S/C8H17N/c1-5-7(3)8(4,6-2)9-7/h9H,5-6H2,1-4H3. The SMILES string of the molecule is CCC1(C)NC1(C)CC. The topological polar surface area (TPSA) is 21.9 Å². The van der Waals surface area contributed by atoms with E-state index in [9.17, 15) is 0 Å². The molecule has 1 rings (SSSR count). The summed E-state index contributed by atoms with van der Waals surface area (Å²) in [5.74, 6) is 0. The first-order valence-electron chi connectivity index (χ1n) is 3.87. The minimum atomic E-state index is 0.446. The lowest BCUT2D eigenvalue weighted by Crippen LogP contribution is -2.17. The van der Waals surface area contributed by atoms with Crippen LogP contribution in [-0.2, 0) is 0 Å². The van der Waals surface area contributed by atoms with Crippen LogP contribution in [0.15, 0.2) is 0 Å². The maximum absolute atomic E-state index is 3.52. The maximum atomic E-state index is 3.52. The Morgan fingerprint density at radius 1 is 1.00 bits per heavy atom. The molecular formula is C8H17N. The lowest BCUT2D eigenvalue weighted by atomic mass is 9.92. The van der Waals surface area contributed by atoms with Gasteiger partial charge in [-0.3, -0.25) is 0 Å². The predicted octanol–water partition coefficient (Wildman–Crippen LogP) is 1.93. The van der Waals surface area contributed by atoms with Crippen molar-refractivity contribution in [3.63, 3.8) is 0 Å². The minimum absolute atomic E-state index is 0.446. The molecule has 54 valence electrons. The van der Waals surface area contributed by atoms with E-state index in [0.29, 0.717) is 11.1 Å². The number of rotatable bonds is 2. The second-order valence-corrected chi connectivity index (χ2v) is 3.50. The third-order valence-electron chi connectivity index (χ3n) is 3.12. The highest BCUT2D eigenvalue weighted by molar-refractivity contribution is 5.20. The zero-order valence-electron chi connectivity index (χ0n) is 6.91. The van der Waals surface area contributed by atoms with E-state index in [1.165, 1.54) is 12.8 Å². The molecule has 1 saturated heterocycles. The van der Waals surface area contributed by atoms with Crippen molar-refractivity contribution in [2.24, 2.45) is 0 Å². The lowest BCUT2D eigenvalue weighted by molar-refractivity contribution is 0.538. The second-order valence-electron chi connectivity index (χ2n) is 3.50. The van der Waals surface area contributed by atoms with Gasteiger partial charge in [0.05, 0.1) is 0 Å². The molecule has 2 unspecified atom stereocenters. The van der Waals surface area contributed by atoms with Crippen molar-refractivity contribution in [2.75, 3.05) is 0 Å². The highest BCUT2D eigenvalue weighted by Gasteiger charge is 2.57. The first kappa shape index (κ1) is 7.07. The van der Waals surface area contributed by atoms with Crippen molar-refractivity contribution in [2.45, 2.75) is 51.6 Å². The van der Waals surface area contributed by atoms with Crippen LogP contribution in [0.2, 0.25) is 0 Å². The van der Waals surface area contributed by atoms with Crippen LogP contribution >= 0.6 is 0 Å². The van der Waals surface area contributed by atoms with Gasteiger partial charge in [-0.15, -0.1) is 0 Å². The molecule has 1 nitrogen and oxygen atoms in total. The molecule has 0 amide bonds. The van der Waals surface area contributed by atoms with Crippen molar-refractivity contribution in [1.29, 1.82) is 0 Å². The molecule has 1 N–H and O–H groups in total. The van der Waals surface area contributed by atoms with Gasteiger partial charge in [0.15, 0.2) is 0 Å². The van der Waals surface area contributed by atoms with E-state index in [4.69, 9.17) is 0 Å². The summed E-state index contributed by atoms with van der Waals surface area (Å²) < 4.78 is 0. The molecule has 0 spiro atoms. The molecule has 2 atom stereocenters. The number of hydrogen-bond donors (Lipinski definition) is 1. The van der Waals surface area contributed by atoms with Crippen molar-refractivity contribution in [3.8, 4) is 0 Å². The van der Waals surface area contributed by atoms with E-state index in [1.807, 2.05) is 0 Å². The molecule has 1 heteroatoms. The van der Waals surface area contributed by atoms with Gasteiger partial charge in [-0.25, -0.2) is 0 Å². The summed E-state index contributed by atoms with van der Waals surface area (Å²) in [6.07, 6.45) is 2.49. The van der Waals surface area contributed by atoms with Crippen molar-refractivity contribution in [3.05, 3.63) is 0 Å². The van der Waals surface area contributed by atoms with Gasteiger partial charge in [-0.2, -0.15) is 0 Å². The molecule has 1 aliphatic rings.